The second-order valence-corrected chi connectivity index (χ2v) is 8.01. The van der Waals surface area contributed by atoms with Crippen LogP contribution in [-0.2, 0) is 11.2 Å². The van der Waals surface area contributed by atoms with Gasteiger partial charge in [-0.25, -0.2) is 4.98 Å². The minimum absolute atomic E-state index is 0.177. The van der Waals surface area contributed by atoms with Gasteiger partial charge in [-0.05, 0) is 62.4 Å². The zero-order valence-corrected chi connectivity index (χ0v) is 18.4. The molecule has 0 saturated carbocycles. The monoisotopic (exact) mass is 434 g/mol. The summed E-state index contributed by atoms with van der Waals surface area (Å²) >= 11 is 0. The van der Waals surface area contributed by atoms with E-state index < -0.39 is 0 Å². The molecule has 1 atom stereocenters. The normalized spacial score (nSPS) is 16.2. The number of rotatable bonds is 8. The third-order valence-corrected chi connectivity index (χ3v) is 5.91. The highest BCUT2D eigenvalue weighted by Crippen LogP contribution is 2.30. The Bertz CT molecular complexity index is 1090. The van der Waals surface area contributed by atoms with Gasteiger partial charge >= 0.3 is 0 Å². The van der Waals surface area contributed by atoms with E-state index in [1.807, 2.05) is 41.0 Å². The SMILES string of the molecule is C=CC(=O)Nc1ccc(Nc2cc(N3CCCCC3CCO)nc3c(CC)cnn23)cc1. The van der Waals surface area contributed by atoms with E-state index in [0.29, 0.717) is 5.69 Å². The summed E-state index contributed by atoms with van der Waals surface area (Å²) in [5, 5.41) is 20.3. The molecule has 1 aliphatic heterocycles. The number of benzene rings is 1. The minimum Gasteiger partial charge on any atom is -0.396 e. The minimum atomic E-state index is -0.242. The fraction of sp³-hybridized carbons (Fsp3) is 0.375. The summed E-state index contributed by atoms with van der Waals surface area (Å²) in [4.78, 5) is 18.8. The van der Waals surface area contributed by atoms with Gasteiger partial charge in [0.25, 0.3) is 0 Å². The number of aliphatic hydroxyl groups is 1. The maximum atomic E-state index is 11.5. The van der Waals surface area contributed by atoms with Crippen LogP contribution in [0.25, 0.3) is 5.65 Å². The number of aryl methyl sites for hydroxylation is 1. The molecule has 0 bridgehead atoms. The second kappa shape index (κ2) is 9.82. The van der Waals surface area contributed by atoms with Crippen LogP contribution < -0.4 is 15.5 Å². The third kappa shape index (κ3) is 4.60. The highest BCUT2D eigenvalue weighted by molar-refractivity contribution is 5.98. The predicted octanol–water partition coefficient (Wildman–Crippen LogP) is 3.90. The zero-order chi connectivity index (χ0) is 22.5. The largest absolute Gasteiger partial charge is 0.396 e. The van der Waals surface area contributed by atoms with Crippen LogP contribution in [0, 0.1) is 0 Å². The maximum absolute atomic E-state index is 11.5. The highest BCUT2D eigenvalue weighted by Gasteiger charge is 2.25. The van der Waals surface area contributed by atoms with Crippen molar-refractivity contribution >= 4 is 34.6 Å². The van der Waals surface area contributed by atoms with Crippen molar-refractivity contribution in [2.75, 3.05) is 28.7 Å². The first-order valence-electron chi connectivity index (χ1n) is 11.2. The van der Waals surface area contributed by atoms with Gasteiger partial charge in [0.15, 0.2) is 5.65 Å². The summed E-state index contributed by atoms with van der Waals surface area (Å²) in [5.74, 6) is 1.48. The summed E-state index contributed by atoms with van der Waals surface area (Å²) < 4.78 is 1.83. The first kappa shape index (κ1) is 21.8. The first-order chi connectivity index (χ1) is 15.6. The number of carbonyl (C=O) groups is 1. The molecule has 8 nitrogen and oxygen atoms in total. The van der Waals surface area contributed by atoms with Gasteiger partial charge in [0.1, 0.15) is 11.6 Å². The molecule has 1 saturated heterocycles. The van der Waals surface area contributed by atoms with Crippen molar-refractivity contribution in [3.63, 3.8) is 0 Å². The summed E-state index contributed by atoms with van der Waals surface area (Å²) in [7, 11) is 0. The third-order valence-electron chi connectivity index (χ3n) is 5.91. The Labute approximate surface area is 188 Å². The van der Waals surface area contributed by atoms with Crippen molar-refractivity contribution in [1.29, 1.82) is 0 Å². The van der Waals surface area contributed by atoms with Gasteiger partial charge in [-0.15, -0.1) is 0 Å². The van der Waals surface area contributed by atoms with E-state index in [4.69, 9.17) is 4.98 Å². The Balaban J connectivity index is 1.68. The molecule has 1 aromatic carbocycles. The molecule has 3 N–H and O–H groups in total. The molecule has 1 fully saturated rings. The van der Waals surface area contributed by atoms with Gasteiger partial charge in [-0.2, -0.15) is 9.61 Å². The van der Waals surface area contributed by atoms with E-state index >= 15 is 0 Å². The molecule has 0 radical (unpaired) electrons. The fourth-order valence-electron chi connectivity index (χ4n) is 4.21. The molecule has 3 aromatic rings. The van der Waals surface area contributed by atoms with Crippen LogP contribution in [0.2, 0.25) is 0 Å². The van der Waals surface area contributed by atoms with Crippen LogP contribution in [0.5, 0.6) is 0 Å². The lowest BCUT2D eigenvalue weighted by Gasteiger charge is -2.36. The van der Waals surface area contributed by atoms with Crippen molar-refractivity contribution in [3.8, 4) is 0 Å². The Hall–Kier alpha value is -3.39. The zero-order valence-electron chi connectivity index (χ0n) is 18.4. The number of amides is 1. The molecular formula is C24H30N6O2. The Morgan fingerprint density at radius 1 is 1.28 bits per heavy atom. The number of piperidine rings is 1. The molecule has 168 valence electrons. The molecule has 1 aliphatic rings. The number of hydrogen-bond acceptors (Lipinski definition) is 6. The van der Waals surface area contributed by atoms with E-state index in [0.717, 1.165) is 60.8 Å². The average molecular weight is 435 g/mol. The topological polar surface area (TPSA) is 94.8 Å². The van der Waals surface area contributed by atoms with Gasteiger partial charge in [-0.1, -0.05) is 13.5 Å². The molecule has 3 heterocycles. The molecule has 1 amide bonds. The number of aromatic nitrogens is 3. The molecule has 0 spiro atoms. The van der Waals surface area contributed by atoms with Gasteiger partial charge in [-0.3, -0.25) is 4.79 Å². The van der Waals surface area contributed by atoms with Crippen LogP contribution in [-0.4, -0.2) is 44.8 Å². The lowest BCUT2D eigenvalue weighted by atomic mass is 9.99. The van der Waals surface area contributed by atoms with Crippen molar-refractivity contribution in [2.24, 2.45) is 0 Å². The second-order valence-electron chi connectivity index (χ2n) is 8.01. The molecule has 8 heteroatoms. The van der Waals surface area contributed by atoms with E-state index in [9.17, 15) is 9.90 Å². The van der Waals surface area contributed by atoms with Gasteiger partial charge in [0, 0.05) is 42.2 Å². The highest BCUT2D eigenvalue weighted by atomic mass is 16.3. The van der Waals surface area contributed by atoms with E-state index in [1.54, 1.807) is 0 Å². The standard InChI is InChI=1S/C24H30N6O2/c1-3-17-16-25-30-22(26-18-8-10-19(11-9-18)27-23(32)4-2)15-21(28-24(17)30)29-13-6-5-7-20(29)12-14-31/h4,8-11,15-16,20,26,31H,2-3,5-7,12-14H2,1H3,(H,27,32). The quantitative estimate of drug-likeness (QED) is 0.466. The van der Waals surface area contributed by atoms with Gasteiger partial charge in [0.05, 0.1) is 6.20 Å². The Kier molecular flexibility index (Phi) is 6.70. The number of hydrogen-bond donors (Lipinski definition) is 3. The van der Waals surface area contributed by atoms with Crippen LogP contribution >= 0.6 is 0 Å². The van der Waals surface area contributed by atoms with Crippen LogP contribution in [0.1, 0.15) is 38.2 Å². The number of fused-ring (bicyclic) bond motifs is 1. The number of carbonyl (C=O) groups excluding carboxylic acids is 1. The molecule has 0 aliphatic carbocycles. The molecule has 32 heavy (non-hydrogen) atoms. The van der Waals surface area contributed by atoms with E-state index in [2.05, 4.69) is 34.1 Å². The smallest absolute Gasteiger partial charge is 0.247 e. The van der Waals surface area contributed by atoms with Crippen molar-refractivity contribution in [3.05, 3.63) is 54.7 Å². The lowest BCUT2D eigenvalue weighted by molar-refractivity contribution is -0.111. The molecular weight excluding hydrogens is 404 g/mol. The van der Waals surface area contributed by atoms with E-state index in [-0.39, 0.29) is 18.6 Å². The summed E-state index contributed by atoms with van der Waals surface area (Å²) in [6.07, 6.45) is 8.06. The van der Waals surface area contributed by atoms with Crippen molar-refractivity contribution in [2.45, 2.75) is 45.1 Å². The number of aliphatic hydroxyl groups excluding tert-OH is 1. The van der Waals surface area contributed by atoms with Crippen LogP contribution in [0.4, 0.5) is 23.0 Å². The molecule has 1 unspecified atom stereocenters. The van der Waals surface area contributed by atoms with Crippen molar-refractivity contribution < 1.29 is 9.90 Å². The molecule has 4 rings (SSSR count). The van der Waals surface area contributed by atoms with Crippen LogP contribution in [0.15, 0.2) is 49.2 Å². The number of anilines is 4. The summed E-state index contributed by atoms with van der Waals surface area (Å²) in [6, 6.07) is 9.81. The lowest BCUT2D eigenvalue weighted by Crippen LogP contribution is -2.40. The number of nitrogens with zero attached hydrogens (tertiary/aromatic N) is 4. The van der Waals surface area contributed by atoms with Gasteiger partial charge < -0.3 is 20.6 Å². The fourth-order valence-corrected chi connectivity index (χ4v) is 4.21. The number of nitrogens with one attached hydrogen (secondary N) is 2. The average Bonchev–Trinajstić information content (AvgIpc) is 3.24. The molecule has 2 aromatic heterocycles. The Morgan fingerprint density at radius 2 is 2.06 bits per heavy atom. The maximum Gasteiger partial charge on any atom is 0.247 e. The van der Waals surface area contributed by atoms with Gasteiger partial charge in [0.2, 0.25) is 5.91 Å². The summed E-state index contributed by atoms with van der Waals surface area (Å²) in [6.45, 7) is 6.68. The Morgan fingerprint density at radius 3 is 2.78 bits per heavy atom. The first-order valence-corrected chi connectivity index (χ1v) is 11.2. The van der Waals surface area contributed by atoms with E-state index in [1.165, 1.54) is 12.5 Å². The predicted molar refractivity (Wildman–Crippen MR) is 128 cm³/mol. The summed E-state index contributed by atoms with van der Waals surface area (Å²) in [5.41, 5.74) is 3.51. The van der Waals surface area contributed by atoms with Crippen LogP contribution in [0.3, 0.4) is 0 Å². The van der Waals surface area contributed by atoms with Crippen molar-refractivity contribution in [1.82, 2.24) is 14.6 Å².